The lowest BCUT2D eigenvalue weighted by Gasteiger charge is -2.10. The van der Waals surface area contributed by atoms with E-state index in [1.807, 2.05) is 12.1 Å². The highest BCUT2D eigenvalue weighted by atomic mass is 35.5. The van der Waals surface area contributed by atoms with Gasteiger partial charge in [0.1, 0.15) is 5.75 Å². The summed E-state index contributed by atoms with van der Waals surface area (Å²) in [4.78, 5) is 4.45. The third-order valence-electron chi connectivity index (χ3n) is 2.75. The van der Waals surface area contributed by atoms with Crippen LogP contribution in [0.25, 0.3) is 0 Å². The van der Waals surface area contributed by atoms with Crippen LogP contribution < -0.4 is 10.1 Å². The SMILES string of the molecule is CC(C)CNCc1cccc(Oc2cc(Cl)ccc2Cl)n1. The van der Waals surface area contributed by atoms with Crippen LogP contribution in [0.2, 0.25) is 10.0 Å². The van der Waals surface area contributed by atoms with Crippen molar-refractivity contribution >= 4 is 23.2 Å². The Bertz CT molecular complexity index is 603. The fraction of sp³-hybridized carbons (Fsp3) is 0.312. The summed E-state index contributed by atoms with van der Waals surface area (Å²) in [6, 6.07) is 10.8. The maximum Gasteiger partial charge on any atom is 0.219 e. The van der Waals surface area contributed by atoms with E-state index in [1.54, 1.807) is 24.3 Å². The number of ether oxygens (including phenoxy) is 1. The van der Waals surface area contributed by atoms with Gasteiger partial charge in [0.05, 0.1) is 10.7 Å². The van der Waals surface area contributed by atoms with E-state index in [0.29, 0.717) is 34.1 Å². The van der Waals surface area contributed by atoms with E-state index >= 15 is 0 Å². The molecular formula is C16H18Cl2N2O. The minimum atomic E-state index is 0.503. The molecule has 1 N–H and O–H groups in total. The molecule has 5 heteroatoms. The predicted octanol–water partition coefficient (Wildman–Crippen LogP) is 4.93. The van der Waals surface area contributed by atoms with Crippen LogP contribution in [0.5, 0.6) is 11.6 Å². The molecule has 0 radical (unpaired) electrons. The molecule has 0 unspecified atom stereocenters. The minimum absolute atomic E-state index is 0.503. The van der Waals surface area contributed by atoms with Crippen molar-refractivity contribution in [3.63, 3.8) is 0 Å². The highest BCUT2D eigenvalue weighted by Gasteiger charge is 2.06. The molecule has 0 spiro atoms. The van der Waals surface area contributed by atoms with E-state index in [1.165, 1.54) is 0 Å². The van der Waals surface area contributed by atoms with Gasteiger partial charge in [-0.2, -0.15) is 0 Å². The van der Waals surface area contributed by atoms with Gasteiger partial charge in [0.25, 0.3) is 0 Å². The monoisotopic (exact) mass is 324 g/mol. The largest absolute Gasteiger partial charge is 0.437 e. The van der Waals surface area contributed by atoms with Gasteiger partial charge in [-0.25, -0.2) is 4.98 Å². The fourth-order valence-electron chi connectivity index (χ4n) is 1.77. The number of hydrogen-bond donors (Lipinski definition) is 1. The molecule has 0 atom stereocenters. The van der Waals surface area contributed by atoms with Gasteiger partial charge < -0.3 is 10.1 Å². The quantitative estimate of drug-likeness (QED) is 0.818. The van der Waals surface area contributed by atoms with Crippen molar-refractivity contribution in [1.82, 2.24) is 10.3 Å². The molecule has 1 heterocycles. The second-order valence-corrected chi connectivity index (χ2v) is 6.01. The van der Waals surface area contributed by atoms with Crippen molar-refractivity contribution in [2.24, 2.45) is 5.92 Å². The third-order valence-corrected chi connectivity index (χ3v) is 3.30. The van der Waals surface area contributed by atoms with Crippen LogP contribution in [-0.4, -0.2) is 11.5 Å². The zero-order chi connectivity index (χ0) is 15.2. The van der Waals surface area contributed by atoms with Crippen molar-refractivity contribution in [2.75, 3.05) is 6.54 Å². The lowest BCUT2D eigenvalue weighted by molar-refractivity contribution is 0.458. The zero-order valence-corrected chi connectivity index (χ0v) is 13.6. The first-order chi connectivity index (χ1) is 10.0. The Morgan fingerprint density at radius 2 is 2.00 bits per heavy atom. The molecule has 2 rings (SSSR count). The smallest absolute Gasteiger partial charge is 0.219 e. The number of rotatable bonds is 6. The van der Waals surface area contributed by atoms with Crippen LogP contribution in [0.4, 0.5) is 0 Å². The highest BCUT2D eigenvalue weighted by molar-refractivity contribution is 6.34. The summed E-state index contributed by atoms with van der Waals surface area (Å²) in [5.41, 5.74) is 0.923. The Morgan fingerprint density at radius 1 is 1.19 bits per heavy atom. The topological polar surface area (TPSA) is 34.1 Å². The molecule has 112 valence electrons. The van der Waals surface area contributed by atoms with Crippen LogP contribution in [0.3, 0.4) is 0 Å². The Kier molecular flexibility index (Phi) is 5.85. The summed E-state index contributed by atoms with van der Waals surface area (Å²) in [6.45, 7) is 5.99. The zero-order valence-electron chi connectivity index (χ0n) is 12.1. The molecule has 1 aromatic carbocycles. The maximum absolute atomic E-state index is 6.08. The number of nitrogens with one attached hydrogen (secondary N) is 1. The van der Waals surface area contributed by atoms with Crippen LogP contribution in [0.1, 0.15) is 19.5 Å². The van der Waals surface area contributed by atoms with Gasteiger partial charge >= 0.3 is 0 Å². The third kappa shape index (κ3) is 5.20. The Labute approximate surface area is 135 Å². The van der Waals surface area contributed by atoms with Gasteiger partial charge in [-0.05, 0) is 30.7 Å². The normalized spacial score (nSPS) is 10.9. The minimum Gasteiger partial charge on any atom is -0.437 e. The maximum atomic E-state index is 6.08. The summed E-state index contributed by atoms with van der Waals surface area (Å²) in [7, 11) is 0. The lowest BCUT2D eigenvalue weighted by Crippen LogP contribution is -2.19. The summed E-state index contributed by atoms with van der Waals surface area (Å²) >= 11 is 12.0. The molecule has 0 amide bonds. The number of pyridine rings is 1. The number of aromatic nitrogens is 1. The number of benzene rings is 1. The molecule has 21 heavy (non-hydrogen) atoms. The van der Waals surface area contributed by atoms with Crippen molar-refractivity contribution in [3.05, 3.63) is 52.1 Å². The van der Waals surface area contributed by atoms with Gasteiger partial charge in [0.2, 0.25) is 5.88 Å². The van der Waals surface area contributed by atoms with Crippen LogP contribution >= 0.6 is 23.2 Å². The second kappa shape index (κ2) is 7.64. The summed E-state index contributed by atoms with van der Waals surface area (Å²) in [5, 5.41) is 4.42. The van der Waals surface area contributed by atoms with Crippen molar-refractivity contribution < 1.29 is 4.74 Å². The Balaban J connectivity index is 2.05. The van der Waals surface area contributed by atoms with Crippen molar-refractivity contribution in [2.45, 2.75) is 20.4 Å². The number of hydrogen-bond acceptors (Lipinski definition) is 3. The number of halogens is 2. The number of nitrogens with zero attached hydrogens (tertiary/aromatic N) is 1. The Hall–Kier alpha value is -1.29. The fourth-order valence-corrected chi connectivity index (χ4v) is 2.09. The molecule has 1 aromatic heterocycles. The predicted molar refractivity (Wildman–Crippen MR) is 87.3 cm³/mol. The lowest BCUT2D eigenvalue weighted by atomic mass is 10.2. The first-order valence-electron chi connectivity index (χ1n) is 6.84. The second-order valence-electron chi connectivity index (χ2n) is 5.17. The molecule has 0 aliphatic heterocycles. The van der Waals surface area contributed by atoms with Gasteiger partial charge in [0.15, 0.2) is 0 Å². The standard InChI is InChI=1S/C16H18Cl2N2O/c1-11(2)9-19-10-13-4-3-5-16(20-13)21-15-8-12(17)6-7-14(15)18/h3-8,11,19H,9-10H2,1-2H3. The van der Waals surface area contributed by atoms with Crippen molar-refractivity contribution in [3.8, 4) is 11.6 Å². The Morgan fingerprint density at radius 3 is 2.76 bits per heavy atom. The van der Waals surface area contributed by atoms with Crippen LogP contribution in [0, 0.1) is 5.92 Å². The molecule has 0 aliphatic rings. The van der Waals surface area contributed by atoms with Crippen LogP contribution in [0.15, 0.2) is 36.4 Å². The van der Waals surface area contributed by atoms with E-state index < -0.39 is 0 Å². The van der Waals surface area contributed by atoms with E-state index in [0.717, 1.165) is 12.2 Å². The summed E-state index contributed by atoms with van der Waals surface area (Å²) in [6.07, 6.45) is 0. The first kappa shape index (κ1) is 16.1. The molecule has 0 bridgehead atoms. The van der Waals surface area contributed by atoms with E-state index in [2.05, 4.69) is 24.1 Å². The molecule has 0 saturated heterocycles. The molecule has 0 saturated carbocycles. The van der Waals surface area contributed by atoms with Gasteiger partial charge in [-0.1, -0.05) is 43.1 Å². The van der Waals surface area contributed by atoms with E-state index in [4.69, 9.17) is 27.9 Å². The molecule has 2 aromatic rings. The molecule has 0 aliphatic carbocycles. The first-order valence-corrected chi connectivity index (χ1v) is 7.60. The summed E-state index contributed by atoms with van der Waals surface area (Å²) in [5.74, 6) is 1.61. The average Bonchev–Trinajstić information content (AvgIpc) is 2.43. The van der Waals surface area contributed by atoms with E-state index in [9.17, 15) is 0 Å². The van der Waals surface area contributed by atoms with E-state index in [-0.39, 0.29) is 0 Å². The van der Waals surface area contributed by atoms with Crippen molar-refractivity contribution in [1.29, 1.82) is 0 Å². The van der Waals surface area contributed by atoms with Gasteiger partial charge in [-0.3, -0.25) is 0 Å². The summed E-state index contributed by atoms with van der Waals surface area (Å²) < 4.78 is 5.70. The molecule has 3 nitrogen and oxygen atoms in total. The molecular weight excluding hydrogens is 307 g/mol. The van der Waals surface area contributed by atoms with Crippen LogP contribution in [-0.2, 0) is 6.54 Å². The van der Waals surface area contributed by atoms with Gasteiger partial charge in [-0.15, -0.1) is 0 Å². The van der Waals surface area contributed by atoms with Gasteiger partial charge in [0, 0.05) is 23.7 Å². The average molecular weight is 325 g/mol. The molecule has 0 fully saturated rings. The highest BCUT2D eigenvalue weighted by Crippen LogP contribution is 2.31.